The molecular weight excluding hydrogens is 306 g/mol. The largest absolute Gasteiger partial charge is 0.509 e. The zero-order chi connectivity index (χ0) is 16.0. The van der Waals surface area contributed by atoms with Crippen molar-refractivity contribution in [1.82, 2.24) is 0 Å². The summed E-state index contributed by atoms with van der Waals surface area (Å²) in [4.78, 5) is 0. The Bertz CT molecular complexity index is 456. The number of alkyl halides is 6. The fourth-order valence-electron chi connectivity index (χ4n) is 1.43. The van der Waals surface area contributed by atoms with Crippen molar-refractivity contribution < 1.29 is 44.4 Å². The summed E-state index contributed by atoms with van der Waals surface area (Å²) >= 11 is 0. The van der Waals surface area contributed by atoms with Gasteiger partial charge in [-0.2, -0.15) is 26.3 Å². The summed E-state index contributed by atoms with van der Waals surface area (Å²) < 4.78 is 111. The van der Waals surface area contributed by atoms with Crippen LogP contribution in [-0.2, 0) is 5.60 Å². The molecule has 0 atom stereocenters. The van der Waals surface area contributed by atoms with E-state index in [-0.39, 0.29) is 24.3 Å². The lowest BCUT2D eigenvalue weighted by atomic mass is 9.78. The SMILES string of the molecule is OC(c1ccc([B-](F)(F)F)cc1)(C(F)(F)F)C(F)(F)F. The van der Waals surface area contributed by atoms with E-state index in [1.165, 1.54) is 0 Å². The second-order valence-corrected chi connectivity index (χ2v) is 3.90. The van der Waals surface area contributed by atoms with E-state index >= 15 is 0 Å². The van der Waals surface area contributed by atoms with Crippen molar-refractivity contribution in [2.75, 3.05) is 0 Å². The summed E-state index contributed by atoms with van der Waals surface area (Å²) in [6.07, 6.45) is -12.3. The number of aliphatic hydroxyl groups is 1. The van der Waals surface area contributed by atoms with Crippen LogP contribution in [0.4, 0.5) is 39.3 Å². The minimum Gasteiger partial charge on any atom is -0.445 e. The number of halogens is 9. The van der Waals surface area contributed by atoms with Crippen molar-refractivity contribution in [2.24, 2.45) is 0 Å². The lowest BCUT2D eigenvalue weighted by Gasteiger charge is -2.33. The molecule has 114 valence electrons. The van der Waals surface area contributed by atoms with Crippen LogP contribution < -0.4 is 5.46 Å². The Morgan fingerprint density at radius 3 is 1.35 bits per heavy atom. The topological polar surface area (TPSA) is 20.2 Å². The molecule has 0 aliphatic rings. The molecule has 0 heterocycles. The quantitative estimate of drug-likeness (QED) is 0.657. The molecule has 0 bridgehead atoms. The van der Waals surface area contributed by atoms with Crippen molar-refractivity contribution in [2.45, 2.75) is 18.0 Å². The van der Waals surface area contributed by atoms with E-state index in [1.807, 2.05) is 0 Å². The normalized spacial score (nSPS) is 14.5. The fraction of sp³-hybridized carbons (Fsp3) is 0.333. The molecule has 0 fully saturated rings. The summed E-state index contributed by atoms with van der Waals surface area (Å²) in [6, 6.07) is 0.00662. The first-order valence-corrected chi connectivity index (χ1v) is 4.87. The predicted molar refractivity (Wildman–Crippen MR) is 51.2 cm³/mol. The van der Waals surface area contributed by atoms with Gasteiger partial charge < -0.3 is 18.1 Å². The van der Waals surface area contributed by atoms with Gasteiger partial charge in [-0.05, 0) is 0 Å². The van der Waals surface area contributed by atoms with Crippen molar-refractivity contribution >= 4 is 12.4 Å². The van der Waals surface area contributed by atoms with E-state index in [9.17, 15) is 39.3 Å². The van der Waals surface area contributed by atoms with Crippen LogP contribution in [0, 0.1) is 0 Å². The first kappa shape index (κ1) is 16.7. The second-order valence-electron chi connectivity index (χ2n) is 3.90. The molecule has 0 aromatic heterocycles. The monoisotopic (exact) mass is 311 g/mol. The van der Waals surface area contributed by atoms with Crippen molar-refractivity contribution in [3.8, 4) is 0 Å². The number of hydrogen-bond donors (Lipinski definition) is 1. The summed E-state index contributed by atoms with van der Waals surface area (Å²) in [5, 5.41) is 8.92. The van der Waals surface area contributed by atoms with Gasteiger partial charge in [0.25, 0.3) is 5.60 Å². The molecule has 0 saturated carbocycles. The first-order chi connectivity index (χ1) is 8.71. The molecule has 0 amide bonds. The predicted octanol–water partition coefficient (Wildman–Crippen LogP) is 3.05. The molecule has 20 heavy (non-hydrogen) atoms. The molecule has 1 aromatic carbocycles. The van der Waals surface area contributed by atoms with E-state index in [0.29, 0.717) is 0 Å². The standard InChI is InChI=1S/C9H5BF9O/c11-8(12,13)7(20,9(14,15)16)5-1-3-6(4-2-5)10(17,18)19/h1-4,20H/q-1. The third-order valence-corrected chi connectivity index (χ3v) is 2.53. The lowest BCUT2D eigenvalue weighted by Crippen LogP contribution is -2.54. The van der Waals surface area contributed by atoms with E-state index < -0.39 is 36.0 Å². The van der Waals surface area contributed by atoms with Crippen molar-refractivity contribution in [1.29, 1.82) is 0 Å². The summed E-state index contributed by atoms with van der Waals surface area (Å²) in [5.41, 5.74) is -8.33. The zero-order valence-electron chi connectivity index (χ0n) is 9.24. The van der Waals surface area contributed by atoms with E-state index in [2.05, 4.69) is 0 Å². The molecule has 0 radical (unpaired) electrons. The average molecular weight is 311 g/mol. The molecule has 1 rings (SSSR count). The van der Waals surface area contributed by atoms with Gasteiger partial charge in [-0.1, -0.05) is 24.3 Å². The van der Waals surface area contributed by atoms with Crippen LogP contribution in [0.15, 0.2) is 24.3 Å². The number of hydrogen-bond acceptors (Lipinski definition) is 1. The van der Waals surface area contributed by atoms with Crippen LogP contribution in [0.2, 0.25) is 0 Å². The molecule has 1 N–H and O–H groups in total. The highest BCUT2D eigenvalue weighted by Crippen LogP contribution is 2.49. The van der Waals surface area contributed by atoms with E-state index in [1.54, 1.807) is 0 Å². The van der Waals surface area contributed by atoms with Crippen LogP contribution in [0.5, 0.6) is 0 Å². The Labute approximate surface area is 106 Å². The minimum absolute atomic E-state index is 0.0500. The maximum Gasteiger partial charge on any atom is 0.509 e. The van der Waals surface area contributed by atoms with Gasteiger partial charge in [0.05, 0.1) is 0 Å². The summed E-state index contributed by atoms with van der Waals surface area (Å²) in [7, 11) is 0. The summed E-state index contributed by atoms with van der Waals surface area (Å²) in [5.74, 6) is 0. The Hall–Kier alpha value is -1.39. The maximum absolute atomic E-state index is 12.4. The van der Waals surface area contributed by atoms with Crippen LogP contribution in [0.25, 0.3) is 0 Å². The Morgan fingerprint density at radius 2 is 1.10 bits per heavy atom. The van der Waals surface area contributed by atoms with Gasteiger partial charge in [0.2, 0.25) is 0 Å². The first-order valence-electron chi connectivity index (χ1n) is 4.87. The molecule has 1 aromatic rings. The Morgan fingerprint density at radius 1 is 0.750 bits per heavy atom. The number of benzene rings is 1. The molecule has 0 aliphatic heterocycles. The Kier molecular flexibility index (Phi) is 3.81. The highest BCUT2D eigenvalue weighted by molar-refractivity contribution is 6.73. The van der Waals surface area contributed by atoms with Gasteiger partial charge in [0.1, 0.15) is 0 Å². The van der Waals surface area contributed by atoms with Gasteiger partial charge >= 0.3 is 19.3 Å². The zero-order valence-corrected chi connectivity index (χ0v) is 9.24. The minimum atomic E-state index is -6.13. The molecular formula is C9H5BF9O-. The highest BCUT2D eigenvalue weighted by atomic mass is 19.4. The van der Waals surface area contributed by atoms with Gasteiger partial charge in [-0.25, -0.2) is 0 Å². The molecule has 0 unspecified atom stereocenters. The second kappa shape index (κ2) is 4.57. The van der Waals surface area contributed by atoms with Crippen LogP contribution in [0.3, 0.4) is 0 Å². The highest BCUT2D eigenvalue weighted by Gasteiger charge is 2.71. The van der Waals surface area contributed by atoms with Gasteiger partial charge in [0, 0.05) is 5.56 Å². The third-order valence-electron chi connectivity index (χ3n) is 2.53. The van der Waals surface area contributed by atoms with Gasteiger partial charge in [-0.15, -0.1) is 5.46 Å². The molecule has 11 heteroatoms. The average Bonchev–Trinajstić information content (AvgIpc) is 2.24. The van der Waals surface area contributed by atoms with Crippen LogP contribution >= 0.6 is 0 Å². The molecule has 0 spiro atoms. The Balaban J connectivity index is 3.39. The van der Waals surface area contributed by atoms with Gasteiger partial charge in [-0.3, -0.25) is 0 Å². The van der Waals surface area contributed by atoms with E-state index in [4.69, 9.17) is 5.11 Å². The molecule has 1 nitrogen and oxygen atoms in total. The van der Waals surface area contributed by atoms with Gasteiger partial charge in [0.15, 0.2) is 0 Å². The van der Waals surface area contributed by atoms with Crippen molar-refractivity contribution in [3.05, 3.63) is 29.8 Å². The van der Waals surface area contributed by atoms with Crippen molar-refractivity contribution in [3.63, 3.8) is 0 Å². The summed E-state index contributed by atoms with van der Waals surface area (Å²) in [6.45, 7) is -5.57. The lowest BCUT2D eigenvalue weighted by molar-refractivity contribution is -0.376. The smallest absolute Gasteiger partial charge is 0.445 e. The molecule has 0 aliphatic carbocycles. The maximum atomic E-state index is 12.4. The third kappa shape index (κ3) is 2.72. The van der Waals surface area contributed by atoms with E-state index in [0.717, 1.165) is 0 Å². The molecule has 0 saturated heterocycles. The van der Waals surface area contributed by atoms with Crippen LogP contribution in [0.1, 0.15) is 5.56 Å². The fourth-order valence-corrected chi connectivity index (χ4v) is 1.43. The number of rotatable bonds is 2. The van der Waals surface area contributed by atoms with Crippen LogP contribution in [-0.4, -0.2) is 24.4 Å².